The molecule has 150 valence electrons. The lowest BCUT2D eigenvalue weighted by molar-refractivity contribution is -0.134. The molecule has 0 saturated carbocycles. The number of likely N-dealkylation sites (tertiary alicyclic amines) is 1. The van der Waals surface area contributed by atoms with Crippen LogP contribution in [0.25, 0.3) is 0 Å². The van der Waals surface area contributed by atoms with Crippen molar-refractivity contribution in [2.45, 2.75) is 45.1 Å². The van der Waals surface area contributed by atoms with Crippen LogP contribution in [0.5, 0.6) is 5.75 Å². The zero-order chi connectivity index (χ0) is 20.3. The Morgan fingerprint density at radius 1 is 1.21 bits per heavy atom. The highest BCUT2D eigenvalue weighted by Crippen LogP contribution is 2.31. The highest BCUT2D eigenvalue weighted by Gasteiger charge is 2.26. The minimum Gasteiger partial charge on any atom is -0.483 e. The summed E-state index contributed by atoms with van der Waals surface area (Å²) >= 11 is 0. The average molecular weight is 385 g/mol. The van der Waals surface area contributed by atoms with Crippen molar-refractivity contribution < 1.29 is 19.4 Å². The number of carboxylic acids is 1. The molecule has 3 rings (SSSR count). The van der Waals surface area contributed by atoms with Gasteiger partial charge in [-0.25, -0.2) is 4.79 Å². The number of carboxylic acid groups (broad SMARTS) is 1. The van der Waals surface area contributed by atoms with E-state index in [1.807, 2.05) is 24.3 Å². The molecule has 1 saturated heterocycles. The van der Waals surface area contributed by atoms with Gasteiger partial charge in [-0.15, -0.1) is 0 Å². The molecule has 1 aromatic heterocycles. The largest absolute Gasteiger partial charge is 0.483 e. The van der Waals surface area contributed by atoms with Gasteiger partial charge in [-0.3, -0.25) is 9.48 Å². The van der Waals surface area contributed by atoms with Crippen molar-refractivity contribution in [2.24, 2.45) is 0 Å². The standard InChI is InChI=1S/C21H27N3O4/c1-21(2,3)17-6-4-5-7-18(17)28-14-19(25)23-10-8-16(9-11-23)24-13-15(12-22-24)20(26)27/h4-7,12-13,16H,8-11,14H2,1-3H3,(H,26,27). The van der Waals surface area contributed by atoms with Gasteiger partial charge in [0.1, 0.15) is 5.75 Å². The SMILES string of the molecule is CC(C)(C)c1ccccc1OCC(=O)N1CCC(n2cc(C(=O)O)cn2)CC1. The normalized spacial score (nSPS) is 15.5. The van der Waals surface area contributed by atoms with Crippen molar-refractivity contribution >= 4 is 11.9 Å². The molecular formula is C21H27N3O4. The first kappa shape index (κ1) is 19.9. The Bertz CT molecular complexity index is 845. The second kappa shape index (κ2) is 8.04. The molecule has 0 atom stereocenters. The monoisotopic (exact) mass is 385 g/mol. The number of nitrogens with zero attached hydrogens (tertiary/aromatic N) is 3. The summed E-state index contributed by atoms with van der Waals surface area (Å²) in [5.41, 5.74) is 1.20. The van der Waals surface area contributed by atoms with E-state index in [2.05, 4.69) is 25.9 Å². The number of aromatic nitrogens is 2. The topological polar surface area (TPSA) is 84.7 Å². The number of benzene rings is 1. The summed E-state index contributed by atoms with van der Waals surface area (Å²) in [6.07, 6.45) is 4.40. The Labute approximate surface area is 164 Å². The number of hydrogen-bond donors (Lipinski definition) is 1. The maximum absolute atomic E-state index is 12.6. The van der Waals surface area contributed by atoms with E-state index in [-0.39, 0.29) is 29.5 Å². The van der Waals surface area contributed by atoms with Crippen LogP contribution in [-0.4, -0.2) is 51.4 Å². The van der Waals surface area contributed by atoms with Crippen LogP contribution in [0.2, 0.25) is 0 Å². The van der Waals surface area contributed by atoms with Crippen LogP contribution >= 0.6 is 0 Å². The molecule has 1 amide bonds. The molecule has 0 aliphatic carbocycles. The number of carbonyl (C=O) groups excluding carboxylic acids is 1. The summed E-state index contributed by atoms with van der Waals surface area (Å²) in [5.74, 6) is -0.267. The fourth-order valence-electron chi connectivity index (χ4n) is 3.47. The highest BCUT2D eigenvalue weighted by molar-refractivity contribution is 5.86. The van der Waals surface area contributed by atoms with Gasteiger partial charge in [0.15, 0.2) is 6.61 Å². The summed E-state index contributed by atoms with van der Waals surface area (Å²) in [4.78, 5) is 25.4. The Morgan fingerprint density at radius 2 is 1.89 bits per heavy atom. The molecule has 1 aliphatic heterocycles. The summed E-state index contributed by atoms with van der Waals surface area (Å²) in [5, 5.41) is 13.2. The van der Waals surface area contributed by atoms with Crippen LogP contribution < -0.4 is 4.74 Å². The molecule has 0 radical (unpaired) electrons. The quantitative estimate of drug-likeness (QED) is 0.855. The van der Waals surface area contributed by atoms with E-state index in [1.54, 1.807) is 15.8 Å². The molecule has 28 heavy (non-hydrogen) atoms. The number of amides is 1. The molecule has 7 nitrogen and oxygen atoms in total. The first-order chi connectivity index (χ1) is 13.3. The molecule has 7 heteroatoms. The first-order valence-electron chi connectivity index (χ1n) is 9.53. The van der Waals surface area contributed by atoms with Crippen LogP contribution in [-0.2, 0) is 10.2 Å². The van der Waals surface area contributed by atoms with Crippen molar-refractivity contribution in [1.82, 2.24) is 14.7 Å². The molecular weight excluding hydrogens is 358 g/mol. The summed E-state index contributed by atoms with van der Waals surface area (Å²) in [6.45, 7) is 7.58. The fraction of sp³-hybridized carbons (Fsp3) is 0.476. The Hall–Kier alpha value is -2.83. The van der Waals surface area contributed by atoms with Crippen LogP contribution in [0, 0.1) is 0 Å². The van der Waals surface area contributed by atoms with E-state index in [0.29, 0.717) is 13.1 Å². The molecule has 1 fully saturated rings. The zero-order valence-electron chi connectivity index (χ0n) is 16.6. The molecule has 2 aromatic rings. The molecule has 1 N–H and O–H groups in total. The number of carbonyl (C=O) groups is 2. The van der Waals surface area contributed by atoms with E-state index in [0.717, 1.165) is 24.2 Å². The second-order valence-electron chi connectivity index (χ2n) is 8.16. The smallest absolute Gasteiger partial charge is 0.338 e. The number of ether oxygens (including phenoxy) is 1. The predicted octanol–water partition coefficient (Wildman–Crippen LogP) is 3.12. The van der Waals surface area contributed by atoms with Crippen LogP contribution in [0.1, 0.15) is 55.6 Å². The summed E-state index contributed by atoms with van der Waals surface area (Å²) in [7, 11) is 0. The third-order valence-corrected chi connectivity index (χ3v) is 5.09. The van der Waals surface area contributed by atoms with Crippen LogP contribution in [0.3, 0.4) is 0 Å². The van der Waals surface area contributed by atoms with Crippen molar-refractivity contribution in [3.05, 3.63) is 47.8 Å². The van der Waals surface area contributed by atoms with Crippen molar-refractivity contribution in [1.29, 1.82) is 0 Å². The van der Waals surface area contributed by atoms with Gasteiger partial charge >= 0.3 is 5.97 Å². The van der Waals surface area contributed by atoms with Crippen molar-refractivity contribution in [3.63, 3.8) is 0 Å². The minimum atomic E-state index is -0.980. The number of piperidine rings is 1. The van der Waals surface area contributed by atoms with Gasteiger partial charge in [0.05, 0.1) is 17.8 Å². The lowest BCUT2D eigenvalue weighted by Gasteiger charge is -2.32. The lowest BCUT2D eigenvalue weighted by Crippen LogP contribution is -2.41. The predicted molar refractivity (Wildman–Crippen MR) is 105 cm³/mol. The molecule has 1 aromatic carbocycles. The van der Waals surface area contributed by atoms with Gasteiger partial charge in [-0.2, -0.15) is 5.10 Å². The molecule has 2 heterocycles. The van der Waals surface area contributed by atoms with E-state index >= 15 is 0 Å². The van der Waals surface area contributed by atoms with Gasteiger partial charge < -0.3 is 14.7 Å². The number of hydrogen-bond acceptors (Lipinski definition) is 4. The first-order valence-corrected chi connectivity index (χ1v) is 9.53. The van der Waals surface area contributed by atoms with Gasteiger partial charge in [0.25, 0.3) is 5.91 Å². The maximum atomic E-state index is 12.6. The van der Waals surface area contributed by atoms with E-state index in [4.69, 9.17) is 9.84 Å². The van der Waals surface area contributed by atoms with Gasteiger partial charge in [0, 0.05) is 19.3 Å². The Balaban J connectivity index is 1.54. The third kappa shape index (κ3) is 4.52. The second-order valence-corrected chi connectivity index (χ2v) is 8.16. The number of para-hydroxylation sites is 1. The summed E-state index contributed by atoms with van der Waals surface area (Å²) in [6, 6.07) is 7.93. The van der Waals surface area contributed by atoms with E-state index in [1.165, 1.54) is 6.20 Å². The van der Waals surface area contributed by atoms with Crippen LogP contribution in [0.15, 0.2) is 36.7 Å². The van der Waals surface area contributed by atoms with E-state index < -0.39 is 5.97 Å². The number of aromatic carboxylic acids is 1. The van der Waals surface area contributed by atoms with Gasteiger partial charge in [-0.1, -0.05) is 39.0 Å². The highest BCUT2D eigenvalue weighted by atomic mass is 16.5. The van der Waals surface area contributed by atoms with Crippen molar-refractivity contribution in [3.8, 4) is 5.75 Å². The molecule has 0 spiro atoms. The average Bonchev–Trinajstić information content (AvgIpc) is 3.16. The Kier molecular flexibility index (Phi) is 5.72. The third-order valence-electron chi connectivity index (χ3n) is 5.09. The van der Waals surface area contributed by atoms with Crippen molar-refractivity contribution in [2.75, 3.05) is 19.7 Å². The van der Waals surface area contributed by atoms with E-state index in [9.17, 15) is 9.59 Å². The fourth-order valence-corrected chi connectivity index (χ4v) is 3.47. The maximum Gasteiger partial charge on any atom is 0.338 e. The van der Waals surface area contributed by atoms with Gasteiger partial charge in [0.2, 0.25) is 0 Å². The minimum absolute atomic E-state index is 0.0166. The number of rotatable bonds is 5. The Morgan fingerprint density at radius 3 is 2.50 bits per heavy atom. The molecule has 1 aliphatic rings. The summed E-state index contributed by atoms with van der Waals surface area (Å²) < 4.78 is 7.54. The van der Waals surface area contributed by atoms with Crippen LogP contribution in [0.4, 0.5) is 0 Å². The zero-order valence-corrected chi connectivity index (χ0v) is 16.6. The molecule has 0 bridgehead atoms. The lowest BCUT2D eigenvalue weighted by atomic mass is 9.86. The van der Waals surface area contributed by atoms with Gasteiger partial charge in [-0.05, 0) is 29.9 Å². The molecule has 0 unspecified atom stereocenters.